The zero-order valence-electron chi connectivity index (χ0n) is 15.3. The third-order valence-corrected chi connectivity index (χ3v) is 6.10. The van der Waals surface area contributed by atoms with Crippen LogP contribution in [0.25, 0.3) is 0 Å². The molecular formula is C19H23N3O4S. The summed E-state index contributed by atoms with van der Waals surface area (Å²) in [7, 11) is -3.69. The molecule has 0 unspecified atom stereocenters. The molecule has 1 aromatic heterocycles. The van der Waals surface area contributed by atoms with Crippen LogP contribution in [-0.4, -0.2) is 48.9 Å². The van der Waals surface area contributed by atoms with Crippen molar-refractivity contribution in [3.63, 3.8) is 0 Å². The summed E-state index contributed by atoms with van der Waals surface area (Å²) in [5.74, 6) is -0.346. The summed E-state index contributed by atoms with van der Waals surface area (Å²) in [4.78, 5) is 16.7. The van der Waals surface area contributed by atoms with Gasteiger partial charge in [0.1, 0.15) is 0 Å². The van der Waals surface area contributed by atoms with Crippen LogP contribution in [0.5, 0.6) is 0 Å². The summed E-state index contributed by atoms with van der Waals surface area (Å²) in [6, 6.07) is 11.5. The van der Waals surface area contributed by atoms with E-state index in [-0.39, 0.29) is 29.6 Å². The van der Waals surface area contributed by atoms with Crippen LogP contribution in [0.2, 0.25) is 0 Å². The zero-order chi connectivity index (χ0) is 19.4. The molecule has 2 aromatic rings. The lowest BCUT2D eigenvalue weighted by atomic mass is 10.2. The lowest BCUT2D eigenvalue weighted by Gasteiger charge is -2.34. The second kappa shape index (κ2) is 8.16. The SMILES string of the molecule is C[C@@H]1CN(S(=O)(=O)c2cccc(C(=O)NCc3ccccn3)c2)C[C@@H](C)O1. The van der Waals surface area contributed by atoms with Crippen LogP contribution in [0.15, 0.2) is 53.6 Å². The standard InChI is InChI=1S/C19H23N3O4S/c1-14-12-22(13-15(2)26-14)27(24,25)18-8-5-6-16(10-18)19(23)21-11-17-7-3-4-9-20-17/h3-10,14-15H,11-13H2,1-2H3,(H,21,23)/t14-,15-/m1/s1. The Kier molecular flexibility index (Phi) is 5.88. The van der Waals surface area contributed by atoms with Gasteiger partial charge in [-0.2, -0.15) is 4.31 Å². The van der Waals surface area contributed by atoms with Crippen LogP contribution in [0.3, 0.4) is 0 Å². The van der Waals surface area contributed by atoms with Crippen molar-refractivity contribution in [3.05, 3.63) is 59.9 Å². The summed E-state index contributed by atoms with van der Waals surface area (Å²) in [5.41, 5.74) is 1.02. The fraction of sp³-hybridized carbons (Fsp3) is 0.368. The molecule has 1 saturated heterocycles. The van der Waals surface area contributed by atoms with E-state index in [0.717, 1.165) is 5.69 Å². The Morgan fingerprint density at radius 2 is 1.93 bits per heavy atom. The molecule has 1 aromatic carbocycles. The molecule has 0 spiro atoms. The number of hydrogen-bond acceptors (Lipinski definition) is 5. The largest absolute Gasteiger partial charge is 0.373 e. The number of rotatable bonds is 5. The van der Waals surface area contributed by atoms with Crippen LogP contribution in [-0.2, 0) is 21.3 Å². The van der Waals surface area contributed by atoms with Gasteiger partial charge in [0.05, 0.1) is 29.3 Å². The highest BCUT2D eigenvalue weighted by Gasteiger charge is 2.32. The van der Waals surface area contributed by atoms with Crippen LogP contribution in [0.1, 0.15) is 29.9 Å². The Labute approximate surface area is 159 Å². The van der Waals surface area contributed by atoms with E-state index < -0.39 is 10.0 Å². The van der Waals surface area contributed by atoms with E-state index in [2.05, 4.69) is 10.3 Å². The zero-order valence-corrected chi connectivity index (χ0v) is 16.1. The fourth-order valence-electron chi connectivity index (χ4n) is 3.05. The van der Waals surface area contributed by atoms with Gasteiger partial charge in [0.15, 0.2) is 0 Å². The average Bonchev–Trinajstić information content (AvgIpc) is 2.66. The van der Waals surface area contributed by atoms with Crippen LogP contribution in [0.4, 0.5) is 0 Å². The first kappa shape index (κ1) is 19.5. The number of carbonyl (C=O) groups is 1. The highest BCUT2D eigenvalue weighted by molar-refractivity contribution is 7.89. The second-order valence-electron chi connectivity index (χ2n) is 6.61. The molecule has 1 aliphatic heterocycles. The normalized spacial score (nSPS) is 21.0. The van der Waals surface area contributed by atoms with E-state index in [1.807, 2.05) is 26.0 Å². The minimum atomic E-state index is -3.69. The maximum Gasteiger partial charge on any atom is 0.251 e. The highest BCUT2D eigenvalue weighted by atomic mass is 32.2. The van der Waals surface area contributed by atoms with E-state index in [1.54, 1.807) is 24.4 Å². The third-order valence-electron chi connectivity index (χ3n) is 4.28. The lowest BCUT2D eigenvalue weighted by Crippen LogP contribution is -2.48. The average molecular weight is 389 g/mol. The number of ether oxygens (including phenoxy) is 1. The molecule has 1 fully saturated rings. The molecule has 8 heteroatoms. The Balaban J connectivity index is 1.75. The van der Waals surface area contributed by atoms with E-state index >= 15 is 0 Å². The molecule has 0 aliphatic carbocycles. The van der Waals surface area contributed by atoms with Crippen molar-refractivity contribution in [1.29, 1.82) is 0 Å². The van der Waals surface area contributed by atoms with Crippen molar-refractivity contribution < 1.29 is 17.9 Å². The maximum absolute atomic E-state index is 13.0. The minimum Gasteiger partial charge on any atom is -0.373 e. The van der Waals surface area contributed by atoms with Crippen molar-refractivity contribution in [1.82, 2.24) is 14.6 Å². The van der Waals surface area contributed by atoms with Gasteiger partial charge in [-0.3, -0.25) is 9.78 Å². The molecule has 2 heterocycles. The van der Waals surface area contributed by atoms with Crippen LogP contribution in [0, 0.1) is 0 Å². The second-order valence-corrected chi connectivity index (χ2v) is 8.55. The van der Waals surface area contributed by atoms with Gasteiger partial charge in [-0.05, 0) is 44.2 Å². The molecule has 1 aliphatic rings. The molecular weight excluding hydrogens is 366 g/mol. The van der Waals surface area contributed by atoms with Gasteiger partial charge >= 0.3 is 0 Å². The molecule has 144 valence electrons. The third kappa shape index (κ3) is 4.71. The molecule has 0 radical (unpaired) electrons. The van der Waals surface area contributed by atoms with Gasteiger partial charge in [-0.25, -0.2) is 8.42 Å². The molecule has 0 bridgehead atoms. The summed E-state index contributed by atoms with van der Waals surface area (Å²) in [5, 5.41) is 2.76. The molecule has 1 N–H and O–H groups in total. The fourth-order valence-corrected chi connectivity index (χ4v) is 4.69. The molecule has 27 heavy (non-hydrogen) atoms. The molecule has 3 rings (SSSR count). The number of sulfonamides is 1. The quantitative estimate of drug-likeness (QED) is 0.843. The maximum atomic E-state index is 13.0. The lowest BCUT2D eigenvalue weighted by molar-refractivity contribution is -0.0440. The van der Waals surface area contributed by atoms with Crippen molar-refractivity contribution in [2.24, 2.45) is 0 Å². The number of nitrogens with zero attached hydrogens (tertiary/aromatic N) is 2. The van der Waals surface area contributed by atoms with Gasteiger partial charge in [-0.15, -0.1) is 0 Å². The van der Waals surface area contributed by atoms with E-state index in [4.69, 9.17) is 4.74 Å². The van der Waals surface area contributed by atoms with Crippen molar-refractivity contribution >= 4 is 15.9 Å². The summed E-state index contributed by atoms with van der Waals surface area (Å²) in [6.45, 7) is 4.56. The van der Waals surface area contributed by atoms with Gasteiger partial charge in [-0.1, -0.05) is 12.1 Å². The minimum absolute atomic E-state index is 0.106. The van der Waals surface area contributed by atoms with E-state index in [1.165, 1.54) is 16.4 Å². The Morgan fingerprint density at radius 1 is 1.19 bits per heavy atom. The summed E-state index contributed by atoms with van der Waals surface area (Å²) < 4.78 is 32.9. The smallest absolute Gasteiger partial charge is 0.251 e. The summed E-state index contributed by atoms with van der Waals surface area (Å²) >= 11 is 0. The number of carbonyl (C=O) groups excluding carboxylic acids is 1. The number of morpholine rings is 1. The number of pyridine rings is 1. The van der Waals surface area contributed by atoms with Gasteiger partial charge < -0.3 is 10.1 Å². The summed E-state index contributed by atoms with van der Waals surface area (Å²) in [6.07, 6.45) is 1.31. The first-order chi connectivity index (χ1) is 12.9. The number of aromatic nitrogens is 1. The molecule has 2 atom stereocenters. The van der Waals surface area contributed by atoms with E-state index in [9.17, 15) is 13.2 Å². The Morgan fingerprint density at radius 3 is 2.59 bits per heavy atom. The van der Waals surface area contributed by atoms with Crippen LogP contribution >= 0.6 is 0 Å². The number of nitrogens with one attached hydrogen (secondary N) is 1. The van der Waals surface area contributed by atoms with Gasteiger partial charge in [0, 0.05) is 24.8 Å². The predicted molar refractivity (Wildman–Crippen MR) is 101 cm³/mol. The first-order valence-corrected chi connectivity index (χ1v) is 10.2. The van der Waals surface area contributed by atoms with Gasteiger partial charge in [0.25, 0.3) is 5.91 Å². The number of amides is 1. The Bertz CT molecular complexity index is 892. The van der Waals surface area contributed by atoms with Gasteiger partial charge in [0.2, 0.25) is 10.0 Å². The van der Waals surface area contributed by atoms with Crippen molar-refractivity contribution in [3.8, 4) is 0 Å². The predicted octanol–water partition coefficient (Wildman–Crippen LogP) is 1.81. The topological polar surface area (TPSA) is 88.6 Å². The Hall–Kier alpha value is -2.29. The monoisotopic (exact) mass is 389 g/mol. The number of hydrogen-bond donors (Lipinski definition) is 1. The van der Waals surface area contributed by atoms with Crippen molar-refractivity contribution in [2.45, 2.75) is 37.5 Å². The molecule has 0 saturated carbocycles. The number of benzene rings is 1. The first-order valence-electron chi connectivity index (χ1n) is 8.80. The molecule has 1 amide bonds. The highest BCUT2D eigenvalue weighted by Crippen LogP contribution is 2.22. The molecule has 7 nitrogen and oxygen atoms in total. The van der Waals surface area contributed by atoms with Crippen LogP contribution < -0.4 is 5.32 Å². The van der Waals surface area contributed by atoms with E-state index in [0.29, 0.717) is 18.7 Å². The van der Waals surface area contributed by atoms with Crippen molar-refractivity contribution in [2.75, 3.05) is 13.1 Å².